The van der Waals surface area contributed by atoms with Crippen molar-refractivity contribution in [3.63, 3.8) is 0 Å². The van der Waals surface area contributed by atoms with Gasteiger partial charge in [0, 0.05) is 6.42 Å². The maximum Gasteiger partial charge on any atom is 0.326 e. The Balaban J connectivity index is 1.76. The van der Waals surface area contributed by atoms with Crippen LogP contribution in [0.25, 0.3) is 10.2 Å². The molecule has 3 aromatic rings. The van der Waals surface area contributed by atoms with Crippen LogP contribution in [-0.4, -0.2) is 37.2 Å². The number of hydrogen-bond acceptors (Lipinski definition) is 6. The zero-order valence-corrected chi connectivity index (χ0v) is 18.1. The van der Waals surface area contributed by atoms with Crippen LogP contribution < -0.4 is 4.80 Å². The first-order chi connectivity index (χ1) is 14.4. The number of sulfone groups is 1. The number of fused-ring (bicyclic) bond motifs is 1. The number of nitrogens with zero attached hydrogens (tertiary/aromatic N) is 2. The summed E-state index contributed by atoms with van der Waals surface area (Å²) in [7, 11) is -3.44. The zero-order valence-electron chi connectivity index (χ0n) is 16.5. The van der Waals surface area contributed by atoms with Crippen molar-refractivity contribution in [2.24, 2.45) is 4.99 Å². The molecule has 0 saturated heterocycles. The highest BCUT2D eigenvalue weighted by molar-refractivity contribution is 7.91. The van der Waals surface area contributed by atoms with Crippen molar-refractivity contribution in [2.75, 3.05) is 12.4 Å². The van der Waals surface area contributed by atoms with E-state index in [2.05, 4.69) is 4.99 Å². The molecule has 0 aliphatic heterocycles. The van der Waals surface area contributed by atoms with E-state index in [1.165, 1.54) is 23.5 Å². The maximum atomic E-state index is 12.4. The van der Waals surface area contributed by atoms with E-state index in [1.54, 1.807) is 29.7 Å². The van der Waals surface area contributed by atoms with Crippen LogP contribution in [0.1, 0.15) is 19.8 Å². The summed E-state index contributed by atoms with van der Waals surface area (Å²) < 4.78 is 32.2. The van der Waals surface area contributed by atoms with Crippen LogP contribution in [-0.2, 0) is 30.7 Å². The number of benzene rings is 2. The summed E-state index contributed by atoms with van der Waals surface area (Å²) in [5.74, 6) is -0.973. The summed E-state index contributed by atoms with van der Waals surface area (Å²) in [4.78, 5) is 29.1. The van der Waals surface area contributed by atoms with Gasteiger partial charge in [0.05, 0.1) is 27.5 Å². The lowest BCUT2D eigenvalue weighted by atomic mass is 10.3. The summed E-state index contributed by atoms with van der Waals surface area (Å²) in [6.45, 7) is 1.95. The zero-order chi connectivity index (χ0) is 21.6. The van der Waals surface area contributed by atoms with Gasteiger partial charge in [0.15, 0.2) is 14.6 Å². The second kappa shape index (κ2) is 9.82. The van der Waals surface area contributed by atoms with Crippen molar-refractivity contribution in [3.8, 4) is 0 Å². The molecular weight excluding hydrogens is 424 g/mol. The van der Waals surface area contributed by atoms with Crippen LogP contribution in [0.15, 0.2) is 64.5 Å². The fourth-order valence-corrected chi connectivity index (χ4v) is 5.29. The first-order valence-corrected chi connectivity index (χ1v) is 12.0. The molecule has 1 amide bonds. The van der Waals surface area contributed by atoms with Gasteiger partial charge in [0.1, 0.15) is 6.54 Å². The Morgan fingerprint density at radius 1 is 1.07 bits per heavy atom. The van der Waals surface area contributed by atoms with Crippen LogP contribution in [0.3, 0.4) is 0 Å². The molecule has 0 radical (unpaired) electrons. The number of amides is 1. The van der Waals surface area contributed by atoms with Gasteiger partial charge in [-0.1, -0.05) is 41.7 Å². The number of thiazole rings is 1. The highest BCUT2D eigenvalue weighted by Crippen LogP contribution is 2.17. The fraction of sp³-hybridized carbons (Fsp3) is 0.286. The van der Waals surface area contributed by atoms with Gasteiger partial charge < -0.3 is 9.30 Å². The minimum atomic E-state index is -3.44. The second-order valence-corrected chi connectivity index (χ2v) is 9.60. The number of para-hydroxylation sites is 1. The van der Waals surface area contributed by atoms with Gasteiger partial charge >= 0.3 is 5.97 Å². The normalized spacial score (nSPS) is 12.2. The van der Waals surface area contributed by atoms with E-state index in [4.69, 9.17) is 4.74 Å². The Hall–Kier alpha value is -2.78. The van der Waals surface area contributed by atoms with Gasteiger partial charge in [-0.25, -0.2) is 8.42 Å². The summed E-state index contributed by atoms with van der Waals surface area (Å²) in [6, 6.07) is 15.6. The molecule has 7 nitrogen and oxygen atoms in total. The van der Waals surface area contributed by atoms with Crippen molar-refractivity contribution in [2.45, 2.75) is 31.2 Å². The molecule has 0 spiro atoms. The van der Waals surface area contributed by atoms with E-state index in [0.717, 1.165) is 10.2 Å². The number of carbonyl (C=O) groups excluding carboxylic acids is 2. The number of aromatic nitrogens is 1. The SMILES string of the molecule is CCOC(=O)Cn1c(=NC(=O)CCCS(=O)(=O)c2ccccc2)sc2ccccc21. The smallest absolute Gasteiger partial charge is 0.326 e. The van der Waals surface area contributed by atoms with Crippen LogP contribution in [0.4, 0.5) is 0 Å². The molecule has 1 aromatic heterocycles. The Labute approximate surface area is 178 Å². The van der Waals surface area contributed by atoms with Crippen LogP contribution in [0, 0.1) is 0 Å². The minimum Gasteiger partial charge on any atom is -0.465 e. The van der Waals surface area contributed by atoms with Gasteiger partial charge in [-0.3, -0.25) is 9.59 Å². The van der Waals surface area contributed by atoms with E-state index in [-0.39, 0.29) is 36.6 Å². The molecule has 3 rings (SSSR count). The molecule has 1 heterocycles. The molecule has 0 saturated carbocycles. The van der Waals surface area contributed by atoms with E-state index in [1.807, 2.05) is 24.3 Å². The van der Waals surface area contributed by atoms with Crippen molar-refractivity contribution >= 4 is 43.3 Å². The topological polar surface area (TPSA) is 94.8 Å². The van der Waals surface area contributed by atoms with Crippen molar-refractivity contribution in [1.82, 2.24) is 4.57 Å². The highest BCUT2D eigenvalue weighted by atomic mass is 32.2. The Bertz CT molecular complexity index is 1210. The number of hydrogen-bond donors (Lipinski definition) is 0. The van der Waals surface area contributed by atoms with Gasteiger partial charge in [0.25, 0.3) is 0 Å². The monoisotopic (exact) mass is 446 g/mol. The second-order valence-electron chi connectivity index (χ2n) is 6.48. The summed E-state index contributed by atoms with van der Waals surface area (Å²) in [5, 5.41) is 0. The third kappa shape index (κ3) is 5.43. The van der Waals surface area contributed by atoms with Gasteiger partial charge in [-0.2, -0.15) is 4.99 Å². The molecule has 0 aliphatic carbocycles. The van der Waals surface area contributed by atoms with Gasteiger partial charge in [-0.05, 0) is 37.6 Å². The fourth-order valence-electron chi connectivity index (χ4n) is 2.92. The van der Waals surface area contributed by atoms with E-state index >= 15 is 0 Å². The number of esters is 1. The predicted octanol–water partition coefficient (Wildman–Crippen LogP) is 2.95. The van der Waals surface area contributed by atoms with E-state index in [9.17, 15) is 18.0 Å². The number of rotatable bonds is 8. The molecule has 30 heavy (non-hydrogen) atoms. The molecule has 0 unspecified atom stereocenters. The van der Waals surface area contributed by atoms with Crippen molar-refractivity contribution in [1.29, 1.82) is 0 Å². The Kier molecular flexibility index (Phi) is 7.17. The van der Waals surface area contributed by atoms with Crippen LogP contribution in [0.2, 0.25) is 0 Å². The van der Waals surface area contributed by atoms with E-state index in [0.29, 0.717) is 4.80 Å². The third-order valence-electron chi connectivity index (χ3n) is 4.31. The average Bonchev–Trinajstić information content (AvgIpc) is 3.05. The number of carbonyl (C=O) groups is 2. The summed E-state index contributed by atoms with van der Waals surface area (Å²) in [6.07, 6.45) is 0.169. The molecule has 0 atom stereocenters. The molecular formula is C21H22N2O5S2. The maximum absolute atomic E-state index is 12.4. The standard InChI is InChI=1S/C21H22N2O5S2/c1-2-28-20(25)15-23-17-11-6-7-12-18(17)29-21(23)22-19(24)13-8-14-30(26,27)16-9-4-3-5-10-16/h3-7,9-12H,2,8,13-15H2,1H3. The average molecular weight is 447 g/mol. The Morgan fingerprint density at radius 3 is 2.50 bits per heavy atom. The lowest BCUT2D eigenvalue weighted by Crippen LogP contribution is -2.23. The summed E-state index contributed by atoms with van der Waals surface area (Å²) >= 11 is 1.30. The third-order valence-corrected chi connectivity index (χ3v) is 7.18. The molecule has 0 fully saturated rings. The van der Waals surface area contributed by atoms with Crippen molar-refractivity contribution in [3.05, 3.63) is 59.4 Å². The molecule has 0 bridgehead atoms. The largest absolute Gasteiger partial charge is 0.465 e. The van der Waals surface area contributed by atoms with Gasteiger partial charge in [-0.15, -0.1) is 0 Å². The van der Waals surface area contributed by atoms with Crippen molar-refractivity contribution < 1.29 is 22.7 Å². The number of ether oxygens (including phenoxy) is 1. The minimum absolute atomic E-state index is 0.000283. The molecule has 2 aromatic carbocycles. The quantitative estimate of drug-likeness (QED) is 0.496. The van der Waals surface area contributed by atoms with Crippen LogP contribution >= 0.6 is 11.3 Å². The van der Waals surface area contributed by atoms with Gasteiger partial charge in [0.2, 0.25) is 5.91 Å². The summed E-state index contributed by atoms with van der Waals surface area (Å²) in [5.41, 5.74) is 0.786. The van der Waals surface area contributed by atoms with E-state index < -0.39 is 21.7 Å². The molecule has 0 N–H and O–H groups in total. The van der Waals surface area contributed by atoms with Crippen LogP contribution in [0.5, 0.6) is 0 Å². The first-order valence-electron chi connectivity index (χ1n) is 9.50. The Morgan fingerprint density at radius 2 is 1.77 bits per heavy atom. The molecule has 158 valence electrons. The first kappa shape index (κ1) is 21.9. The lowest BCUT2D eigenvalue weighted by molar-refractivity contribution is -0.143. The molecule has 0 aliphatic rings. The highest BCUT2D eigenvalue weighted by Gasteiger charge is 2.15. The molecule has 9 heteroatoms. The lowest BCUT2D eigenvalue weighted by Gasteiger charge is -2.05. The predicted molar refractivity (Wildman–Crippen MR) is 115 cm³/mol.